The highest BCUT2D eigenvalue weighted by Crippen LogP contribution is 2.32. The monoisotopic (exact) mass is 527 g/mol. The van der Waals surface area contributed by atoms with Crippen LogP contribution in [0.15, 0.2) is 47.5 Å². The SMILES string of the molecule is NS(=O)(=O)c1cc(NC(=O)Cc2ccc(C(F)(F)F)cc2Cl)ccc1-n1ncc(C(F)(F)F)n1. The fourth-order valence-electron chi connectivity index (χ4n) is 2.74. The number of anilines is 1. The molecule has 0 radical (unpaired) electrons. The van der Waals surface area contributed by atoms with Gasteiger partial charge in [0.25, 0.3) is 0 Å². The highest BCUT2D eigenvalue weighted by molar-refractivity contribution is 7.89. The maximum atomic E-state index is 12.8. The van der Waals surface area contributed by atoms with Gasteiger partial charge in [-0.05, 0) is 35.9 Å². The standard InChI is InChI=1S/C18H12ClF6N5O3S/c19-12-6-10(17(20,21)22)2-1-9(12)5-16(31)28-11-3-4-13(14(7-11)34(26,32)33)30-27-8-15(29-30)18(23,24)25/h1-4,6-8H,5H2,(H,28,31)(H2,26,32,33). The minimum atomic E-state index is -4.83. The highest BCUT2D eigenvalue weighted by Gasteiger charge is 2.35. The van der Waals surface area contributed by atoms with Crippen LogP contribution in [0.25, 0.3) is 5.69 Å². The van der Waals surface area contributed by atoms with Gasteiger partial charge in [-0.2, -0.15) is 31.4 Å². The third kappa shape index (κ3) is 5.84. The molecule has 3 rings (SSSR count). The van der Waals surface area contributed by atoms with E-state index in [2.05, 4.69) is 15.5 Å². The van der Waals surface area contributed by atoms with Crippen LogP contribution in [0.3, 0.4) is 0 Å². The molecule has 34 heavy (non-hydrogen) atoms. The van der Waals surface area contributed by atoms with Gasteiger partial charge in [-0.3, -0.25) is 4.79 Å². The Balaban J connectivity index is 1.86. The number of amides is 1. The lowest BCUT2D eigenvalue weighted by molar-refractivity contribution is -0.141. The molecule has 0 spiro atoms. The van der Waals surface area contributed by atoms with Crippen LogP contribution in [0, 0.1) is 0 Å². The highest BCUT2D eigenvalue weighted by atomic mass is 35.5. The number of nitrogens with one attached hydrogen (secondary N) is 1. The zero-order valence-corrected chi connectivity index (χ0v) is 18.0. The first-order chi connectivity index (χ1) is 15.6. The van der Waals surface area contributed by atoms with E-state index in [1.807, 2.05) is 0 Å². The number of sulfonamides is 1. The Morgan fingerprint density at radius 3 is 2.26 bits per heavy atom. The maximum absolute atomic E-state index is 12.8. The van der Waals surface area contributed by atoms with Gasteiger partial charge in [-0.15, -0.1) is 9.90 Å². The minimum Gasteiger partial charge on any atom is -0.326 e. The number of halogens is 7. The summed E-state index contributed by atoms with van der Waals surface area (Å²) in [7, 11) is -4.51. The van der Waals surface area contributed by atoms with Crippen LogP contribution >= 0.6 is 11.6 Å². The van der Waals surface area contributed by atoms with E-state index < -0.39 is 56.5 Å². The van der Waals surface area contributed by atoms with Crippen LogP contribution in [0.2, 0.25) is 5.02 Å². The van der Waals surface area contributed by atoms with Gasteiger partial charge in [-0.25, -0.2) is 13.6 Å². The van der Waals surface area contributed by atoms with E-state index in [0.29, 0.717) is 17.1 Å². The number of hydrogen-bond acceptors (Lipinski definition) is 5. The normalized spacial score (nSPS) is 12.6. The van der Waals surface area contributed by atoms with Gasteiger partial charge in [0.15, 0.2) is 5.69 Å². The number of alkyl halides is 6. The average Bonchev–Trinajstić information content (AvgIpc) is 3.18. The van der Waals surface area contributed by atoms with Crippen LogP contribution in [-0.4, -0.2) is 29.3 Å². The van der Waals surface area contributed by atoms with Gasteiger partial charge in [0.1, 0.15) is 10.6 Å². The second-order valence-corrected chi connectivity index (χ2v) is 8.71. The van der Waals surface area contributed by atoms with E-state index in [9.17, 15) is 39.6 Å². The molecule has 1 amide bonds. The summed E-state index contributed by atoms with van der Waals surface area (Å²) < 4.78 is 100. The molecule has 0 unspecified atom stereocenters. The summed E-state index contributed by atoms with van der Waals surface area (Å²) in [5, 5.41) is 13.7. The fraction of sp³-hybridized carbons (Fsp3) is 0.167. The number of benzene rings is 2. The van der Waals surface area contributed by atoms with E-state index in [-0.39, 0.29) is 16.3 Å². The first kappa shape index (κ1) is 25.5. The summed E-state index contributed by atoms with van der Waals surface area (Å²) in [6.07, 6.45) is -9.52. The van der Waals surface area contributed by atoms with Gasteiger partial charge in [0.2, 0.25) is 15.9 Å². The molecule has 0 aliphatic heterocycles. The van der Waals surface area contributed by atoms with Gasteiger partial charge < -0.3 is 5.32 Å². The van der Waals surface area contributed by atoms with Crippen molar-refractivity contribution in [3.63, 3.8) is 0 Å². The number of carbonyl (C=O) groups excluding carboxylic acids is 1. The lowest BCUT2D eigenvalue weighted by atomic mass is 10.1. The molecule has 0 fully saturated rings. The summed E-state index contributed by atoms with van der Waals surface area (Å²) in [6, 6.07) is 5.45. The molecule has 0 bridgehead atoms. The Morgan fingerprint density at radius 2 is 1.74 bits per heavy atom. The van der Waals surface area contributed by atoms with Crippen molar-refractivity contribution in [2.45, 2.75) is 23.7 Å². The van der Waals surface area contributed by atoms with Crippen LogP contribution in [-0.2, 0) is 33.6 Å². The molecule has 2 aromatic carbocycles. The second-order valence-electron chi connectivity index (χ2n) is 6.77. The third-order valence-electron chi connectivity index (χ3n) is 4.28. The van der Waals surface area contributed by atoms with E-state index >= 15 is 0 Å². The Morgan fingerprint density at radius 1 is 1.06 bits per heavy atom. The number of rotatable bonds is 5. The first-order valence-electron chi connectivity index (χ1n) is 8.88. The van der Waals surface area contributed by atoms with Crippen LogP contribution in [0.1, 0.15) is 16.8 Å². The van der Waals surface area contributed by atoms with Crippen molar-refractivity contribution in [3.8, 4) is 5.69 Å². The minimum absolute atomic E-state index is 0.0656. The molecular weight excluding hydrogens is 516 g/mol. The Hall–Kier alpha value is -3.17. The number of primary sulfonamides is 1. The molecular formula is C18H12ClF6N5O3S. The molecule has 3 aromatic rings. The number of nitrogens with two attached hydrogens (primary N) is 1. The van der Waals surface area contributed by atoms with Crippen molar-refractivity contribution in [1.82, 2.24) is 15.0 Å². The zero-order valence-electron chi connectivity index (χ0n) is 16.4. The average molecular weight is 528 g/mol. The van der Waals surface area contributed by atoms with Gasteiger partial charge in [-0.1, -0.05) is 17.7 Å². The van der Waals surface area contributed by atoms with E-state index in [1.165, 1.54) is 0 Å². The maximum Gasteiger partial charge on any atom is 0.436 e. The van der Waals surface area contributed by atoms with Crippen molar-refractivity contribution in [1.29, 1.82) is 0 Å². The van der Waals surface area contributed by atoms with E-state index in [0.717, 1.165) is 30.3 Å². The zero-order chi connectivity index (χ0) is 25.5. The van der Waals surface area contributed by atoms with E-state index in [4.69, 9.17) is 16.7 Å². The molecule has 0 aliphatic rings. The number of aromatic nitrogens is 3. The lowest BCUT2D eigenvalue weighted by Gasteiger charge is -2.12. The van der Waals surface area contributed by atoms with Crippen LogP contribution < -0.4 is 10.5 Å². The first-order valence-corrected chi connectivity index (χ1v) is 10.8. The van der Waals surface area contributed by atoms with Crippen molar-refractivity contribution in [3.05, 3.63) is 64.4 Å². The number of hydrogen-bond donors (Lipinski definition) is 2. The van der Waals surface area contributed by atoms with Crippen LogP contribution in [0.5, 0.6) is 0 Å². The fourth-order valence-corrected chi connectivity index (χ4v) is 3.72. The molecule has 1 aromatic heterocycles. The molecule has 0 aliphatic carbocycles. The largest absolute Gasteiger partial charge is 0.436 e. The van der Waals surface area contributed by atoms with Crippen LogP contribution in [0.4, 0.5) is 32.0 Å². The predicted octanol–water partition coefficient (Wildman–Crippen LogP) is 3.79. The summed E-state index contributed by atoms with van der Waals surface area (Å²) in [5.41, 5.74) is -2.85. The van der Waals surface area contributed by atoms with Crippen molar-refractivity contribution >= 4 is 33.2 Å². The summed E-state index contributed by atoms with van der Waals surface area (Å²) in [4.78, 5) is 12.0. The van der Waals surface area contributed by atoms with Gasteiger partial charge in [0.05, 0.1) is 18.2 Å². The molecule has 8 nitrogen and oxygen atoms in total. The second kappa shape index (κ2) is 8.88. The van der Waals surface area contributed by atoms with Crippen molar-refractivity contribution in [2.75, 3.05) is 5.32 Å². The predicted molar refractivity (Wildman–Crippen MR) is 107 cm³/mol. The van der Waals surface area contributed by atoms with Crippen molar-refractivity contribution < 1.29 is 39.6 Å². The van der Waals surface area contributed by atoms with Gasteiger partial charge >= 0.3 is 12.4 Å². The molecule has 0 saturated carbocycles. The number of nitrogens with zero attached hydrogens (tertiary/aromatic N) is 3. The Labute approximate surface area is 192 Å². The summed E-state index contributed by atoms with van der Waals surface area (Å²) >= 11 is 5.82. The smallest absolute Gasteiger partial charge is 0.326 e. The molecule has 0 saturated heterocycles. The lowest BCUT2D eigenvalue weighted by Crippen LogP contribution is -2.19. The molecule has 182 valence electrons. The topological polar surface area (TPSA) is 120 Å². The van der Waals surface area contributed by atoms with Gasteiger partial charge in [0, 0.05) is 10.7 Å². The number of carbonyl (C=O) groups is 1. The summed E-state index contributed by atoms with van der Waals surface area (Å²) in [5.74, 6) is -0.772. The molecule has 16 heteroatoms. The third-order valence-corrected chi connectivity index (χ3v) is 5.57. The molecule has 0 atom stereocenters. The quantitative estimate of drug-likeness (QED) is 0.489. The van der Waals surface area contributed by atoms with E-state index in [1.54, 1.807) is 0 Å². The Bertz CT molecular complexity index is 1350. The Kier molecular flexibility index (Phi) is 6.65. The molecule has 3 N–H and O–H groups in total. The van der Waals surface area contributed by atoms with Crippen molar-refractivity contribution in [2.24, 2.45) is 5.14 Å². The summed E-state index contributed by atoms with van der Waals surface area (Å²) in [6.45, 7) is 0. The molecule has 1 heterocycles.